The number of nitrogens with one attached hydrogen (secondary N) is 3. The molecule has 3 aromatic rings. The topological polar surface area (TPSA) is 129 Å². The lowest BCUT2D eigenvalue weighted by atomic mass is 10.1. The molecule has 26 heavy (non-hydrogen) atoms. The highest BCUT2D eigenvalue weighted by molar-refractivity contribution is 7.91. The van der Waals surface area contributed by atoms with Crippen LogP contribution < -0.4 is 16.4 Å². The van der Waals surface area contributed by atoms with Crippen LogP contribution in [0.25, 0.3) is 10.8 Å². The molecule has 0 spiro atoms. The molecule has 2 heterocycles. The van der Waals surface area contributed by atoms with Gasteiger partial charge in [0.15, 0.2) is 9.84 Å². The second-order valence-electron chi connectivity index (χ2n) is 5.54. The van der Waals surface area contributed by atoms with Crippen molar-refractivity contribution in [2.24, 2.45) is 0 Å². The molecular weight excluding hydrogens is 358 g/mol. The van der Waals surface area contributed by atoms with E-state index in [9.17, 15) is 22.8 Å². The summed E-state index contributed by atoms with van der Waals surface area (Å²) in [7, 11) is -3.57. The number of carbonyl (C=O) groups is 1. The Morgan fingerprint density at radius 1 is 1.08 bits per heavy atom. The molecule has 134 valence electrons. The first kappa shape index (κ1) is 17.6. The summed E-state index contributed by atoms with van der Waals surface area (Å²) in [6, 6.07) is 7.39. The molecule has 0 aliphatic heterocycles. The van der Waals surface area contributed by atoms with Crippen LogP contribution in [-0.2, 0) is 9.84 Å². The lowest BCUT2D eigenvalue weighted by Crippen LogP contribution is -2.24. The molecule has 0 aliphatic carbocycles. The van der Waals surface area contributed by atoms with Crippen LogP contribution in [0.5, 0.6) is 0 Å². The van der Waals surface area contributed by atoms with Gasteiger partial charge in [-0.3, -0.25) is 14.4 Å². The zero-order valence-corrected chi connectivity index (χ0v) is 14.5. The summed E-state index contributed by atoms with van der Waals surface area (Å²) in [6.07, 6.45) is 2.56. The highest BCUT2D eigenvalue weighted by atomic mass is 32.2. The van der Waals surface area contributed by atoms with Gasteiger partial charge in [0.25, 0.3) is 17.0 Å². The fourth-order valence-corrected chi connectivity index (χ4v) is 3.32. The smallest absolute Gasteiger partial charge is 0.261 e. The second kappa shape index (κ2) is 6.60. The number of amides is 1. The molecule has 0 atom stereocenters. The first-order valence-electron chi connectivity index (χ1n) is 7.70. The van der Waals surface area contributed by atoms with Crippen LogP contribution in [0, 0.1) is 0 Å². The van der Waals surface area contributed by atoms with Gasteiger partial charge in [-0.1, -0.05) is 6.92 Å². The van der Waals surface area contributed by atoms with E-state index in [4.69, 9.17) is 0 Å². The maximum Gasteiger partial charge on any atom is 0.261 e. The molecule has 1 aromatic carbocycles. The highest BCUT2D eigenvalue weighted by Crippen LogP contribution is 2.17. The molecule has 0 aliphatic rings. The molecule has 9 heteroatoms. The third-order valence-electron chi connectivity index (χ3n) is 3.89. The van der Waals surface area contributed by atoms with Crippen molar-refractivity contribution in [1.82, 2.24) is 9.97 Å². The van der Waals surface area contributed by atoms with Crippen LogP contribution in [0.15, 0.2) is 57.2 Å². The maximum absolute atomic E-state index is 12.4. The van der Waals surface area contributed by atoms with Gasteiger partial charge in [0.2, 0.25) is 0 Å². The number of pyridine rings is 2. The van der Waals surface area contributed by atoms with Gasteiger partial charge in [-0.05, 0) is 35.7 Å². The van der Waals surface area contributed by atoms with Crippen LogP contribution >= 0.6 is 0 Å². The van der Waals surface area contributed by atoms with Gasteiger partial charge in [-0.15, -0.1) is 0 Å². The normalized spacial score (nSPS) is 11.4. The molecule has 1 amide bonds. The SMILES string of the molecule is CCS(=O)(=O)c1c[nH]c(=O)c(C(=O)Nc2ccc3c(=O)[nH]ccc3c2)c1. The van der Waals surface area contributed by atoms with Gasteiger partial charge in [0, 0.05) is 23.5 Å². The van der Waals surface area contributed by atoms with E-state index in [1.165, 1.54) is 19.2 Å². The third-order valence-corrected chi connectivity index (χ3v) is 5.61. The number of carbonyl (C=O) groups excluding carboxylic acids is 1. The van der Waals surface area contributed by atoms with Crippen LogP contribution in [0.4, 0.5) is 5.69 Å². The van der Waals surface area contributed by atoms with E-state index in [0.29, 0.717) is 16.5 Å². The molecule has 8 nitrogen and oxygen atoms in total. The van der Waals surface area contributed by atoms with E-state index in [1.54, 1.807) is 18.2 Å². The number of aromatic nitrogens is 2. The van der Waals surface area contributed by atoms with E-state index >= 15 is 0 Å². The molecule has 0 unspecified atom stereocenters. The molecule has 0 saturated heterocycles. The zero-order chi connectivity index (χ0) is 18.9. The minimum Gasteiger partial charge on any atom is -0.329 e. The standard InChI is InChI=1S/C17H15N3O5S/c1-2-26(24,25)12-8-14(16(22)19-9-12)17(23)20-11-3-4-13-10(7-11)5-6-18-15(13)21/h3-9H,2H2,1H3,(H,18,21)(H,19,22)(H,20,23). The molecular formula is C17H15N3O5S. The summed E-state index contributed by atoms with van der Waals surface area (Å²) in [4.78, 5) is 40.7. The van der Waals surface area contributed by atoms with Gasteiger partial charge < -0.3 is 15.3 Å². The van der Waals surface area contributed by atoms with Crippen molar-refractivity contribution in [1.29, 1.82) is 0 Å². The first-order valence-corrected chi connectivity index (χ1v) is 9.35. The summed E-state index contributed by atoms with van der Waals surface area (Å²) in [5.74, 6) is -0.900. The van der Waals surface area contributed by atoms with Crippen molar-refractivity contribution in [3.05, 3.63) is 69.0 Å². The van der Waals surface area contributed by atoms with Crippen LogP contribution in [0.3, 0.4) is 0 Å². The lowest BCUT2D eigenvalue weighted by molar-refractivity contribution is 0.102. The minimum atomic E-state index is -3.57. The van der Waals surface area contributed by atoms with E-state index in [-0.39, 0.29) is 21.8 Å². The minimum absolute atomic E-state index is 0.130. The summed E-state index contributed by atoms with van der Waals surface area (Å²) < 4.78 is 23.9. The largest absolute Gasteiger partial charge is 0.329 e. The highest BCUT2D eigenvalue weighted by Gasteiger charge is 2.18. The van der Waals surface area contributed by atoms with E-state index in [1.807, 2.05) is 0 Å². The number of H-pyrrole nitrogens is 2. The Labute approximate surface area is 147 Å². The Bertz CT molecular complexity index is 1220. The van der Waals surface area contributed by atoms with Crippen molar-refractivity contribution < 1.29 is 13.2 Å². The van der Waals surface area contributed by atoms with Crippen LogP contribution in [0.1, 0.15) is 17.3 Å². The van der Waals surface area contributed by atoms with Crippen molar-refractivity contribution >= 4 is 32.2 Å². The summed E-state index contributed by atoms with van der Waals surface area (Å²) in [5, 5.41) is 3.61. The predicted molar refractivity (Wildman–Crippen MR) is 97.3 cm³/mol. The van der Waals surface area contributed by atoms with Crippen molar-refractivity contribution in [3.8, 4) is 0 Å². The van der Waals surface area contributed by atoms with E-state index in [0.717, 1.165) is 12.3 Å². The lowest BCUT2D eigenvalue weighted by Gasteiger charge is -2.07. The number of aromatic amines is 2. The number of fused-ring (bicyclic) bond motifs is 1. The summed E-state index contributed by atoms with van der Waals surface area (Å²) in [5.41, 5.74) is -0.897. The number of hydrogen-bond acceptors (Lipinski definition) is 5. The second-order valence-corrected chi connectivity index (χ2v) is 7.82. The van der Waals surface area contributed by atoms with Crippen molar-refractivity contribution in [2.45, 2.75) is 11.8 Å². The molecule has 3 rings (SSSR count). The quantitative estimate of drug-likeness (QED) is 0.634. The summed E-state index contributed by atoms with van der Waals surface area (Å²) in [6.45, 7) is 1.47. The van der Waals surface area contributed by atoms with Gasteiger partial charge in [-0.25, -0.2) is 8.42 Å². The number of benzene rings is 1. The third kappa shape index (κ3) is 3.29. The van der Waals surface area contributed by atoms with Crippen LogP contribution in [0.2, 0.25) is 0 Å². The molecule has 2 aromatic heterocycles. The van der Waals surface area contributed by atoms with Gasteiger partial charge in [-0.2, -0.15) is 0 Å². The van der Waals surface area contributed by atoms with Crippen molar-refractivity contribution in [2.75, 3.05) is 11.1 Å². The fraction of sp³-hybridized carbons (Fsp3) is 0.118. The van der Waals surface area contributed by atoms with Crippen molar-refractivity contribution in [3.63, 3.8) is 0 Å². The monoisotopic (exact) mass is 373 g/mol. The molecule has 3 N–H and O–H groups in total. The maximum atomic E-state index is 12.4. The number of rotatable bonds is 4. The molecule has 0 fully saturated rings. The van der Waals surface area contributed by atoms with E-state index < -0.39 is 21.3 Å². The van der Waals surface area contributed by atoms with E-state index in [2.05, 4.69) is 15.3 Å². The number of anilines is 1. The Morgan fingerprint density at radius 3 is 2.58 bits per heavy atom. The molecule has 0 bridgehead atoms. The average Bonchev–Trinajstić information content (AvgIpc) is 2.62. The molecule has 0 radical (unpaired) electrons. The Hall–Kier alpha value is -3.20. The average molecular weight is 373 g/mol. The summed E-state index contributed by atoms with van der Waals surface area (Å²) >= 11 is 0. The molecule has 0 saturated carbocycles. The first-order chi connectivity index (χ1) is 12.3. The Balaban J connectivity index is 1.97. The number of hydrogen-bond donors (Lipinski definition) is 3. The van der Waals surface area contributed by atoms with Gasteiger partial charge in [0.05, 0.1) is 10.6 Å². The number of sulfone groups is 1. The fourth-order valence-electron chi connectivity index (χ4n) is 2.45. The zero-order valence-electron chi connectivity index (χ0n) is 13.7. The Morgan fingerprint density at radius 2 is 1.85 bits per heavy atom. The Kier molecular flexibility index (Phi) is 4.47. The predicted octanol–water partition coefficient (Wildman–Crippen LogP) is 1.26. The van der Waals surface area contributed by atoms with Gasteiger partial charge in [0.1, 0.15) is 5.56 Å². The van der Waals surface area contributed by atoms with Crippen LogP contribution in [-0.4, -0.2) is 30.0 Å². The van der Waals surface area contributed by atoms with Gasteiger partial charge >= 0.3 is 0 Å².